The number of nitrogens with zero attached hydrogens (tertiary/aromatic N) is 2. The Bertz CT molecular complexity index is 920. The van der Waals surface area contributed by atoms with Gasteiger partial charge < -0.3 is 20.9 Å². The van der Waals surface area contributed by atoms with Crippen LogP contribution >= 0.6 is 0 Å². The number of rotatable bonds is 6. The van der Waals surface area contributed by atoms with Crippen molar-refractivity contribution in [1.29, 1.82) is 5.26 Å². The molecule has 0 bridgehead atoms. The van der Waals surface area contributed by atoms with E-state index in [4.69, 9.17) is 0 Å². The highest BCUT2D eigenvalue weighted by Crippen LogP contribution is 2.55. The number of amides is 4. The molecule has 194 valence electrons. The Morgan fingerprint density at radius 1 is 1.20 bits per heavy atom. The molecule has 35 heavy (non-hydrogen) atoms. The van der Waals surface area contributed by atoms with Crippen LogP contribution in [0.15, 0.2) is 0 Å². The van der Waals surface area contributed by atoms with Crippen molar-refractivity contribution in [1.82, 2.24) is 20.9 Å². The largest absolute Gasteiger partial charge is 0.471 e. The number of alkyl halides is 3. The van der Waals surface area contributed by atoms with Gasteiger partial charge in [0, 0.05) is 19.0 Å². The average Bonchev–Trinajstić information content (AvgIpc) is 3.39. The fourth-order valence-corrected chi connectivity index (χ4v) is 4.86. The quantitative estimate of drug-likeness (QED) is 0.508. The topological polar surface area (TPSA) is 131 Å². The molecule has 3 N–H and O–H groups in total. The zero-order valence-electron chi connectivity index (χ0n) is 20.1. The summed E-state index contributed by atoms with van der Waals surface area (Å²) in [5, 5.41) is 16.7. The molecule has 2 aliphatic heterocycles. The second-order valence-corrected chi connectivity index (χ2v) is 11.0. The van der Waals surface area contributed by atoms with Gasteiger partial charge in [0.15, 0.2) is 0 Å². The molecule has 1 saturated carbocycles. The van der Waals surface area contributed by atoms with Crippen molar-refractivity contribution >= 4 is 23.6 Å². The number of carbonyl (C=O) groups excluding carboxylic acids is 4. The van der Waals surface area contributed by atoms with Crippen LogP contribution in [0.5, 0.6) is 0 Å². The van der Waals surface area contributed by atoms with Crippen molar-refractivity contribution < 1.29 is 32.3 Å². The van der Waals surface area contributed by atoms with Crippen LogP contribution in [0.3, 0.4) is 0 Å². The van der Waals surface area contributed by atoms with Crippen molar-refractivity contribution in [3.8, 4) is 6.07 Å². The minimum atomic E-state index is -5.16. The molecule has 3 fully saturated rings. The van der Waals surface area contributed by atoms with Crippen LogP contribution in [0.1, 0.15) is 59.3 Å². The summed E-state index contributed by atoms with van der Waals surface area (Å²) < 4.78 is 38.8. The highest BCUT2D eigenvalue weighted by molar-refractivity contribution is 5.94. The van der Waals surface area contributed by atoms with E-state index in [1.165, 1.54) is 25.7 Å². The second-order valence-electron chi connectivity index (χ2n) is 11.0. The van der Waals surface area contributed by atoms with Gasteiger partial charge in [0.2, 0.25) is 17.7 Å². The zero-order valence-corrected chi connectivity index (χ0v) is 20.1. The van der Waals surface area contributed by atoms with Gasteiger partial charge in [-0.1, -0.05) is 20.8 Å². The van der Waals surface area contributed by atoms with Gasteiger partial charge >= 0.3 is 12.1 Å². The lowest BCUT2D eigenvalue weighted by molar-refractivity contribution is -0.176. The summed E-state index contributed by atoms with van der Waals surface area (Å²) in [7, 11) is 0. The molecule has 12 heteroatoms. The molecule has 2 saturated heterocycles. The molecule has 0 aromatic rings. The minimum absolute atomic E-state index is 0.0985. The monoisotopic (exact) mass is 499 g/mol. The Morgan fingerprint density at radius 2 is 1.86 bits per heavy atom. The van der Waals surface area contributed by atoms with E-state index < -0.39 is 53.4 Å². The lowest BCUT2D eigenvalue weighted by Gasteiger charge is -2.43. The summed E-state index contributed by atoms with van der Waals surface area (Å²) in [6.45, 7) is 5.26. The van der Waals surface area contributed by atoms with Crippen molar-refractivity contribution in [2.45, 2.75) is 83.6 Å². The Kier molecular flexibility index (Phi) is 7.39. The summed E-state index contributed by atoms with van der Waals surface area (Å²) >= 11 is 0. The minimum Gasteiger partial charge on any atom is -0.356 e. The van der Waals surface area contributed by atoms with Crippen LogP contribution in [0.25, 0.3) is 0 Å². The number of nitriles is 1. The molecule has 1 spiro atoms. The van der Waals surface area contributed by atoms with E-state index in [-0.39, 0.29) is 24.3 Å². The molecule has 1 aliphatic carbocycles. The lowest BCUT2D eigenvalue weighted by atomic mass is 9.82. The number of likely N-dealkylation sites (tertiary alicyclic amines) is 1. The number of hydrogen-bond donors (Lipinski definition) is 3. The number of hydrogen-bond acceptors (Lipinski definition) is 5. The molecular weight excluding hydrogens is 467 g/mol. The second kappa shape index (κ2) is 9.66. The first-order valence-corrected chi connectivity index (χ1v) is 11.8. The number of nitrogens with one attached hydrogen (secondary N) is 3. The fraction of sp³-hybridized carbons (Fsp3) is 0.783. The number of halogens is 3. The van der Waals surface area contributed by atoms with Gasteiger partial charge in [-0.05, 0) is 49.4 Å². The smallest absolute Gasteiger partial charge is 0.356 e. The maximum atomic E-state index is 13.5. The highest BCUT2D eigenvalue weighted by atomic mass is 19.4. The van der Waals surface area contributed by atoms with E-state index in [0.717, 1.165) is 12.8 Å². The zero-order chi connectivity index (χ0) is 26.2. The van der Waals surface area contributed by atoms with Crippen molar-refractivity contribution in [3.05, 3.63) is 0 Å². The maximum absolute atomic E-state index is 13.5. The van der Waals surface area contributed by atoms with E-state index >= 15 is 0 Å². The van der Waals surface area contributed by atoms with Gasteiger partial charge in [-0.2, -0.15) is 18.4 Å². The SMILES string of the molecule is CC(C)(C)[C@H](NC(=O)C(F)(F)F)C(=O)N1CCC2(CC2)C[C@H]1C(=O)N[C@H](C#N)CC1CCNC1=O. The summed E-state index contributed by atoms with van der Waals surface area (Å²) in [6, 6.07) is -1.45. The predicted octanol–water partition coefficient (Wildman–Crippen LogP) is 1.39. The van der Waals surface area contributed by atoms with Crippen LogP contribution in [-0.4, -0.2) is 65.9 Å². The van der Waals surface area contributed by atoms with E-state index in [2.05, 4.69) is 10.6 Å². The molecule has 0 aromatic carbocycles. The predicted molar refractivity (Wildman–Crippen MR) is 117 cm³/mol. The van der Waals surface area contributed by atoms with E-state index in [0.29, 0.717) is 25.8 Å². The summed E-state index contributed by atoms with van der Waals surface area (Å²) in [4.78, 5) is 51.5. The lowest BCUT2D eigenvalue weighted by Crippen LogP contribution is -2.63. The Labute approximate surface area is 202 Å². The molecule has 3 rings (SSSR count). The molecular formula is C23H32F3N5O4. The van der Waals surface area contributed by atoms with Crippen LogP contribution in [-0.2, 0) is 19.2 Å². The Hall–Kier alpha value is -2.84. The van der Waals surface area contributed by atoms with Gasteiger partial charge in [-0.3, -0.25) is 19.2 Å². The summed E-state index contributed by atoms with van der Waals surface area (Å²) in [5.74, 6) is -4.15. The van der Waals surface area contributed by atoms with Crippen LogP contribution in [0.2, 0.25) is 0 Å². The molecule has 9 nitrogen and oxygen atoms in total. The van der Waals surface area contributed by atoms with Crippen molar-refractivity contribution in [3.63, 3.8) is 0 Å². The van der Waals surface area contributed by atoms with Gasteiger partial charge in [0.05, 0.1) is 6.07 Å². The van der Waals surface area contributed by atoms with Crippen LogP contribution < -0.4 is 16.0 Å². The third-order valence-electron chi connectivity index (χ3n) is 7.23. The molecule has 3 aliphatic rings. The highest BCUT2D eigenvalue weighted by Gasteiger charge is 2.53. The third kappa shape index (κ3) is 6.24. The Balaban J connectivity index is 1.79. The molecule has 0 aromatic heterocycles. The standard InChI is InChI=1S/C23H32F3N5O4/c1-21(2,3)16(30-20(35)23(24,25)26)19(34)31-9-7-22(5-6-22)11-15(31)18(33)29-14(12-27)10-13-4-8-28-17(13)32/h13-16H,4-11H2,1-3H3,(H,28,32)(H,29,33)(H,30,35)/t13?,14-,15-,16+/m0/s1. The molecule has 0 radical (unpaired) electrons. The summed E-state index contributed by atoms with van der Waals surface area (Å²) in [5.41, 5.74) is -1.16. The van der Waals surface area contributed by atoms with Crippen LogP contribution in [0.4, 0.5) is 13.2 Å². The first-order valence-electron chi connectivity index (χ1n) is 11.8. The first kappa shape index (κ1) is 26.8. The fourth-order valence-electron chi connectivity index (χ4n) is 4.86. The molecule has 4 atom stereocenters. The molecule has 2 heterocycles. The molecule has 1 unspecified atom stereocenters. The van der Waals surface area contributed by atoms with Gasteiger partial charge in [-0.15, -0.1) is 0 Å². The third-order valence-corrected chi connectivity index (χ3v) is 7.23. The van der Waals surface area contributed by atoms with Gasteiger partial charge in [0.1, 0.15) is 18.1 Å². The summed E-state index contributed by atoms with van der Waals surface area (Å²) in [6.07, 6.45) is -1.77. The number of piperidine rings is 1. The van der Waals surface area contributed by atoms with E-state index in [1.807, 2.05) is 11.4 Å². The average molecular weight is 500 g/mol. The van der Waals surface area contributed by atoms with Crippen LogP contribution in [0, 0.1) is 28.1 Å². The van der Waals surface area contributed by atoms with Crippen molar-refractivity contribution in [2.24, 2.45) is 16.7 Å². The van der Waals surface area contributed by atoms with E-state index in [1.54, 1.807) is 0 Å². The molecule has 4 amide bonds. The van der Waals surface area contributed by atoms with Crippen molar-refractivity contribution in [2.75, 3.05) is 13.1 Å². The van der Waals surface area contributed by atoms with Gasteiger partial charge in [-0.25, -0.2) is 0 Å². The first-order chi connectivity index (χ1) is 16.2. The Morgan fingerprint density at radius 3 is 2.34 bits per heavy atom. The normalized spacial score (nSPS) is 25.3. The van der Waals surface area contributed by atoms with E-state index in [9.17, 15) is 37.6 Å². The maximum Gasteiger partial charge on any atom is 0.471 e. The van der Waals surface area contributed by atoms with Gasteiger partial charge in [0.25, 0.3) is 0 Å². The number of carbonyl (C=O) groups is 4.